The first-order valence-electron chi connectivity index (χ1n) is 8.68. The van der Waals surface area contributed by atoms with Crippen molar-refractivity contribution in [2.75, 3.05) is 48.9 Å². The van der Waals surface area contributed by atoms with Gasteiger partial charge in [-0.2, -0.15) is 4.98 Å². The van der Waals surface area contributed by atoms with Crippen molar-refractivity contribution < 1.29 is 4.74 Å². The number of benzene rings is 1. The zero-order chi connectivity index (χ0) is 17.2. The van der Waals surface area contributed by atoms with Crippen molar-refractivity contribution in [3.8, 4) is 0 Å². The number of ether oxygens (including phenoxy) is 1. The van der Waals surface area contributed by atoms with Crippen molar-refractivity contribution in [3.63, 3.8) is 0 Å². The fourth-order valence-corrected chi connectivity index (χ4v) is 3.32. The van der Waals surface area contributed by atoms with Crippen LogP contribution in [0.15, 0.2) is 24.4 Å². The zero-order valence-corrected chi connectivity index (χ0v) is 15.0. The topological polar surface area (TPSA) is 62.3 Å². The van der Waals surface area contributed by atoms with Gasteiger partial charge >= 0.3 is 0 Å². The molecule has 6 nitrogen and oxygen atoms in total. The number of morpholine rings is 1. The van der Waals surface area contributed by atoms with Crippen LogP contribution in [-0.2, 0) is 4.74 Å². The van der Waals surface area contributed by atoms with Crippen LogP contribution >= 0.6 is 11.6 Å². The van der Waals surface area contributed by atoms with Crippen molar-refractivity contribution in [1.82, 2.24) is 9.97 Å². The van der Waals surface area contributed by atoms with E-state index < -0.39 is 0 Å². The third kappa shape index (κ3) is 3.65. The van der Waals surface area contributed by atoms with Crippen LogP contribution in [0.3, 0.4) is 0 Å². The first kappa shape index (κ1) is 16.4. The van der Waals surface area contributed by atoms with E-state index in [2.05, 4.69) is 43.7 Å². The quantitative estimate of drug-likeness (QED) is 0.850. The van der Waals surface area contributed by atoms with Gasteiger partial charge in [-0.1, -0.05) is 11.6 Å². The Kier molecular flexibility index (Phi) is 4.63. The summed E-state index contributed by atoms with van der Waals surface area (Å²) >= 11 is 6.07. The predicted octanol–water partition coefficient (Wildman–Crippen LogP) is 3.63. The molecule has 1 saturated heterocycles. The van der Waals surface area contributed by atoms with Gasteiger partial charge in [0, 0.05) is 31.5 Å². The zero-order valence-electron chi connectivity index (χ0n) is 14.3. The highest BCUT2D eigenvalue weighted by molar-refractivity contribution is 6.32. The molecule has 2 aromatic rings. The molecule has 1 aromatic heterocycles. The third-order valence-electron chi connectivity index (χ3n) is 4.66. The van der Waals surface area contributed by atoms with Crippen molar-refractivity contribution in [1.29, 1.82) is 0 Å². The lowest BCUT2D eigenvalue weighted by molar-refractivity contribution is 0.122. The Balaban J connectivity index is 1.60. The largest absolute Gasteiger partial charge is 0.378 e. The van der Waals surface area contributed by atoms with Gasteiger partial charge in [0.15, 0.2) is 0 Å². The van der Waals surface area contributed by atoms with Crippen molar-refractivity contribution in [3.05, 3.63) is 35.0 Å². The minimum Gasteiger partial charge on any atom is -0.378 e. The Morgan fingerprint density at radius 3 is 2.76 bits per heavy atom. The van der Waals surface area contributed by atoms with Gasteiger partial charge in [-0.25, -0.2) is 4.98 Å². The molecule has 2 fully saturated rings. The van der Waals surface area contributed by atoms with E-state index in [4.69, 9.17) is 16.3 Å². The van der Waals surface area contributed by atoms with Crippen LogP contribution in [0.4, 0.5) is 23.1 Å². The van der Waals surface area contributed by atoms with Gasteiger partial charge in [0.25, 0.3) is 0 Å². The third-order valence-corrected chi connectivity index (χ3v) is 4.93. The fraction of sp³-hybridized carbons (Fsp3) is 0.444. The van der Waals surface area contributed by atoms with Crippen LogP contribution in [0.25, 0.3) is 0 Å². The summed E-state index contributed by atoms with van der Waals surface area (Å²) in [5.74, 6) is 1.80. The summed E-state index contributed by atoms with van der Waals surface area (Å²) in [7, 11) is 1.80. The van der Waals surface area contributed by atoms with Gasteiger partial charge in [0.1, 0.15) is 10.8 Å². The van der Waals surface area contributed by atoms with Crippen LogP contribution in [0.5, 0.6) is 0 Å². The molecule has 2 heterocycles. The molecule has 1 aliphatic carbocycles. The molecule has 2 aliphatic rings. The molecule has 0 spiro atoms. The first-order chi connectivity index (χ1) is 12.2. The van der Waals surface area contributed by atoms with Gasteiger partial charge in [-0.05, 0) is 42.5 Å². The predicted molar refractivity (Wildman–Crippen MR) is 101 cm³/mol. The molecular formula is C18H22ClN5O. The second-order valence-corrected chi connectivity index (χ2v) is 6.82. The van der Waals surface area contributed by atoms with E-state index in [1.807, 2.05) is 0 Å². The molecule has 0 amide bonds. The Labute approximate surface area is 152 Å². The van der Waals surface area contributed by atoms with Crippen molar-refractivity contribution in [2.24, 2.45) is 0 Å². The summed E-state index contributed by atoms with van der Waals surface area (Å²) < 4.78 is 5.46. The van der Waals surface area contributed by atoms with Gasteiger partial charge < -0.3 is 20.3 Å². The van der Waals surface area contributed by atoms with Gasteiger partial charge in [-0.15, -0.1) is 0 Å². The maximum atomic E-state index is 6.07. The average molecular weight is 360 g/mol. The number of nitrogens with one attached hydrogen (secondary N) is 2. The minimum atomic E-state index is 0.512. The molecule has 2 N–H and O–H groups in total. The number of aromatic nitrogens is 2. The Hall–Kier alpha value is -2.05. The highest BCUT2D eigenvalue weighted by atomic mass is 35.5. The smallest absolute Gasteiger partial charge is 0.229 e. The molecule has 1 aromatic carbocycles. The van der Waals surface area contributed by atoms with E-state index in [1.54, 1.807) is 13.2 Å². The van der Waals surface area contributed by atoms with E-state index in [0.717, 1.165) is 32.0 Å². The molecule has 132 valence electrons. The molecule has 7 heteroatoms. The summed E-state index contributed by atoms with van der Waals surface area (Å²) in [6, 6.07) is 6.60. The van der Waals surface area contributed by atoms with Crippen LogP contribution < -0.4 is 15.5 Å². The van der Waals surface area contributed by atoms with Crippen molar-refractivity contribution >= 4 is 34.7 Å². The van der Waals surface area contributed by atoms with Gasteiger partial charge in [0.2, 0.25) is 5.95 Å². The van der Waals surface area contributed by atoms with E-state index in [1.165, 1.54) is 24.1 Å². The van der Waals surface area contributed by atoms with Gasteiger partial charge in [-0.3, -0.25) is 0 Å². The number of halogens is 1. The number of nitrogens with zero attached hydrogens (tertiary/aromatic N) is 3. The highest BCUT2D eigenvalue weighted by Crippen LogP contribution is 2.45. The van der Waals surface area contributed by atoms with E-state index in [9.17, 15) is 0 Å². The Morgan fingerprint density at radius 2 is 2.04 bits per heavy atom. The molecule has 25 heavy (non-hydrogen) atoms. The highest BCUT2D eigenvalue weighted by Gasteiger charge is 2.27. The van der Waals surface area contributed by atoms with Gasteiger partial charge in [0.05, 0.1) is 19.4 Å². The molecule has 4 rings (SSSR count). The van der Waals surface area contributed by atoms with Crippen LogP contribution in [0, 0.1) is 0 Å². The standard InChI is InChI=1S/C18H22ClN5O/c1-20-17-15(19)11-21-18(23-17)22-16-5-4-13(10-14(16)12-2-3-12)24-6-8-25-9-7-24/h4-5,10-12H,2-3,6-9H2,1H3,(H2,20,21,22,23). The van der Waals surface area contributed by atoms with E-state index in [-0.39, 0.29) is 0 Å². The molecular weight excluding hydrogens is 338 g/mol. The Morgan fingerprint density at radius 1 is 1.24 bits per heavy atom. The number of hydrogen-bond donors (Lipinski definition) is 2. The first-order valence-corrected chi connectivity index (χ1v) is 9.06. The van der Waals surface area contributed by atoms with Crippen molar-refractivity contribution in [2.45, 2.75) is 18.8 Å². The normalized spacial score (nSPS) is 17.4. The number of rotatable bonds is 5. The number of hydrogen-bond acceptors (Lipinski definition) is 6. The summed E-state index contributed by atoms with van der Waals surface area (Å²) in [6.45, 7) is 3.49. The molecule has 0 bridgehead atoms. The molecule has 0 radical (unpaired) electrons. The SMILES string of the molecule is CNc1nc(Nc2ccc(N3CCOCC3)cc2C2CC2)ncc1Cl. The minimum absolute atomic E-state index is 0.512. The monoisotopic (exact) mass is 359 g/mol. The van der Waals surface area contributed by atoms with Crippen LogP contribution in [0.2, 0.25) is 5.02 Å². The second-order valence-electron chi connectivity index (χ2n) is 6.41. The molecule has 0 unspecified atom stereocenters. The Bertz CT molecular complexity index is 759. The average Bonchev–Trinajstić information content (AvgIpc) is 3.49. The summed E-state index contributed by atoms with van der Waals surface area (Å²) in [6.07, 6.45) is 4.09. The van der Waals surface area contributed by atoms with E-state index >= 15 is 0 Å². The maximum absolute atomic E-state index is 6.07. The fourth-order valence-electron chi connectivity index (χ4n) is 3.14. The van der Waals surface area contributed by atoms with E-state index in [0.29, 0.717) is 22.7 Å². The molecule has 1 aliphatic heterocycles. The molecule has 1 saturated carbocycles. The summed E-state index contributed by atoms with van der Waals surface area (Å²) in [5.41, 5.74) is 3.68. The lowest BCUT2D eigenvalue weighted by atomic mass is 10.1. The molecule has 0 atom stereocenters. The lowest BCUT2D eigenvalue weighted by Crippen LogP contribution is -2.36. The second kappa shape index (κ2) is 7.06. The van der Waals surface area contributed by atoms with Crippen LogP contribution in [0.1, 0.15) is 24.3 Å². The lowest BCUT2D eigenvalue weighted by Gasteiger charge is -2.29. The summed E-state index contributed by atoms with van der Waals surface area (Å²) in [5, 5.41) is 6.86. The number of anilines is 4. The summed E-state index contributed by atoms with van der Waals surface area (Å²) in [4.78, 5) is 11.1. The maximum Gasteiger partial charge on any atom is 0.229 e. The van der Waals surface area contributed by atoms with Crippen LogP contribution in [-0.4, -0.2) is 43.3 Å².